The van der Waals surface area contributed by atoms with E-state index in [9.17, 15) is 4.79 Å². The number of piperidine rings is 1. The van der Waals surface area contributed by atoms with Crippen molar-refractivity contribution in [1.82, 2.24) is 14.5 Å². The van der Waals surface area contributed by atoms with Crippen molar-refractivity contribution in [3.05, 3.63) is 59.3 Å². The predicted octanol–water partition coefficient (Wildman–Crippen LogP) is 4.34. The van der Waals surface area contributed by atoms with Gasteiger partial charge < -0.3 is 14.2 Å². The molecular weight excluding hydrogens is 362 g/mol. The number of rotatable bonds is 6. The number of hydrogen-bond donors (Lipinski definition) is 0. The number of likely N-dealkylation sites (tertiary alicyclic amines) is 1. The summed E-state index contributed by atoms with van der Waals surface area (Å²) in [6, 6.07) is 10.2. The van der Waals surface area contributed by atoms with Gasteiger partial charge >= 0.3 is 0 Å². The molecule has 5 heteroatoms. The van der Waals surface area contributed by atoms with Crippen LogP contribution < -0.4 is 10.3 Å². The maximum absolute atomic E-state index is 12.8. The Balaban J connectivity index is 1.63. The second-order valence-electron chi connectivity index (χ2n) is 7.96. The van der Waals surface area contributed by atoms with E-state index >= 15 is 0 Å². The van der Waals surface area contributed by atoms with E-state index in [1.54, 1.807) is 12.4 Å². The number of aromatic nitrogens is 2. The summed E-state index contributed by atoms with van der Waals surface area (Å²) in [5.74, 6) is 0.911. The van der Waals surface area contributed by atoms with E-state index < -0.39 is 0 Å². The van der Waals surface area contributed by atoms with Crippen LogP contribution in [-0.2, 0) is 6.54 Å². The van der Waals surface area contributed by atoms with Crippen molar-refractivity contribution in [1.29, 1.82) is 0 Å². The fourth-order valence-corrected chi connectivity index (χ4v) is 3.97. The molecule has 0 aliphatic carbocycles. The first-order valence-electron chi connectivity index (χ1n) is 10.6. The van der Waals surface area contributed by atoms with E-state index in [0.717, 1.165) is 67.6 Å². The average Bonchev–Trinajstić information content (AvgIpc) is 2.76. The minimum absolute atomic E-state index is 0.0347. The van der Waals surface area contributed by atoms with Crippen LogP contribution >= 0.6 is 0 Å². The van der Waals surface area contributed by atoms with Crippen molar-refractivity contribution in [2.24, 2.45) is 0 Å². The Morgan fingerprint density at radius 3 is 2.59 bits per heavy atom. The summed E-state index contributed by atoms with van der Waals surface area (Å²) in [6.45, 7) is 5.03. The van der Waals surface area contributed by atoms with Gasteiger partial charge in [-0.15, -0.1) is 0 Å². The molecule has 1 aliphatic heterocycles. The quantitative estimate of drug-likeness (QED) is 0.627. The zero-order valence-corrected chi connectivity index (χ0v) is 17.3. The molecule has 1 aliphatic rings. The molecule has 0 amide bonds. The van der Waals surface area contributed by atoms with Crippen LogP contribution in [-0.4, -0.2) is 40.7 Å². The monoisotopic (exact) mass is 391 g/mol. The highest BCUT2D eigenvalue weighted by Gasteiger charge is 2.18. The number of nitrogens with zero attached hydrogens (tertiary/aromatic N) is 3. The fraction of sp³-hybridized carbons (Fsp3) is 0.417. The SMILES string of the molecule is CCCCn1cc(-c2ccc(OC3CCN(C)CC3)cc2)c2ccncc2c1=O. The molecule has 0 spiro atoms. The molecule has 0 atom stereocenters. The van der Waals surface area contributed by atoms with Gasteiger partial charge in [-0.25, -0.2) is 0 Å². The van der Waals surface area contributed by atoms with Crippen molar-refractivity contribution in [2.75, 3.05) is 20.1 Å². The molecule has 0 unspecified atom stereocenters. The van der Waals surface area contributed by atoms with Crippen LogP contribution in [0.4, 0.5) is 0 Å². The molecule has 1 aromatic carbocycles. The van der Waals surface area contributed by atoms with Crippen molar-refractivity contribution in [3.8, 4) is 16.9 Å². The van der Waals surface area contributed by atoms with Gasteiger partial charge in [0, 0.05) is 43.8 Å². The van der Waals surface area contributed by atoms with Crippen molar-refractivity contribution in [3.63, 3.8) is 0 Å². The smallest absolute Gasteiger partial charge is 0.260 e. The van der Waals surface area contributed by atoms with Gasteiger partial charge in [-0.2, -0.15) is 0 Å². The molecule has 3 heterocycles. The summed E-state index contributed by atoms with van der Waals surface area (Å²) in [6.07, 6.45) is 9.88. The molecule has 0 N–H and O–H groups in total. The lowest BCUT2D eigenvalue weighted by atomic mass is 10.0. The molecule has 0 radical (unpaired) electrons. The van der Waals surface area contributed by atoms with Gasteiger partial charge in [-0.05, 0) is 55.5 Å². The van der Waals surface area contributed by atoms with E-state index in [2.05, 4.69) is 36.0 Å². The summed E-state index contributed by atoms with van der Waals surface area (Å²) >= 11 is 0. The Kier molecular flexibility index (Phi) is 5.95. The number of hydrogen-bond acceptors (Lipinski definition) is 4. The Bertz CT molecular complexity index is 1020. The van der Waals surface area contributed by atoms with Gasteiger partial charge in [0.25, 0.3) is 5.56 Å². The Morgan fingerprint density at radius 2 is 1.86 bits per heavy atom. The molecule has 0 saturated carbocycles. The van der Waals surface area contributed by atoms with E-state index in [0.29, 0.717) is 11.5 Å². The summed E-state index contributed by atoms with van der Waals surface area (Å²) < 4.78 is 8.01. The zero-order valence-electron chi connectivity index (χ0n) is 17.3. The van der Waals surface area contributed by atoms with Crippen LogP contribution in [0.5, 0.6) is 5.75 Å². The van der Waals surface area contributed by atoms with E-state index in [4.69, 9.17) is 4.74 Å². The zero-order chi connectivity index (χ0) is 20.2. The molecular formula is C24H29N3O2. The molecule has 5 nitrogen and oxygen atoms in total. The Morgan fingerprint density at radius 1 is 1.10 bits per heavy atom. The lowest BCUT2D eigenvalue weighted by Crippen LogP contribution is -2.35. The van der Waals surface area contributed by atoms with Crippen molar-refractivity contribution < 1.29 is 4.74 Å². The third kappa shape index (κ3) is 4.35. The van der Waals surface area contributed by atoms with Crippen molar-refractivity contribution >= 4 is 10.8 Å². The summed E-state index contributed by atoms with van der Waals surface area (Å²) in [5, 5.41) is 1.62. The van der Waals surface area contributed by atoms with Crippen LogP contribution in [0.2, 0.25) is 0 Å². The largest absolute Gasteiger partial charge is 0.490 e. The molecule has 152 valence electrons. The molecule has 4 rings (SSSR count). The summed E-state index contributed by atoms with van der Waals surface area (Å²) in [4.78, 5) is 19.3. The number of fused-ring (bicyclic) bond motifs is 1. The second-order valence-corrected chi connectivity index (χ2v) is 7.96. The molecule has 1 saturated heterocycles. The summed E-state index contributed by atoms with van der Waals surface area (Å²) in [5.41, 5.74) is 2.18. The van der Waals surface area contributed by atoms with E-state index in [1.165, 1.54) is 0 Å². The standard InChI is InChI=1S/C24H29N3O2/c1-3-4-13-27-17-23(21-9-12-25-16-22(21)24(27)28)18-5-7-19(8-6-18)29-20-10-14-26(2)15-11-20/h5-9,12,16-17,20H,3-4,10-11,13-15H2,1-2H3. The highest BCUT2D eigenvalue weighted by atomic mass is 16.5. The first kappa shape index (κ1) is 19.6. The molecule has 1 fully saturated rings. The molecule has 0 bridgehead atoms. The van der Waals surface area contributed by atoms with Crippen LogP contribution in [0.3, 0.4) is 0 Å². The summed E-state index contributed by atoms with van der Waals surface area (Å²) in [7, 11) is 2.16. The van der Waals surface area contributed by atoms with Crippen LogP contribution in [0, 0.1) is 0 Å². The van der Waals surface area contributed by atoms with Gasteiger partial charge in [0.05, 0.1) is 5.39 Å². The van der Waals surface area contributed by atoms with Crippen LogP contribution in [0.1, 0.15) is 32.6 Å². The number of benzene rings is 1. The van der Waals surface area contributed by atoms with Gasteiger partial charge in [0.2, 0.25) is 0 Å². The number of unbranched alkanes of at least 4 members (excludes halogenated alkanes) is 1. The van der Waals surface area contributed by atoms with Gasteiger partial charge in [0.1, 0.15) is 11.9 Å². The molecule has 2 aromatic heterocycles. The average molecular weight is 392 g/mol. The topological polar surface area (TPSA) is 47.4 Å². The maximum Gasteiger partial charge on any atom is 0.260 e. The van der Waals surface area contributed by atoms with Gasteiger partial charge in [-0.1, -0.05) is 25.5 Å². The highest BCUT2D eigenvalue weighted by molar-refractivity contribution is 5.95. The Hall–Kier alpha value is -2.66. The third-order valence-corrected chi connectivity index (χ3v) is 5.77. The first-order valence-corrected chi connectivity index (χ1v) is 10.6. The van der Waals surface area contributed by atoms with Crippen molar-refractivity contribution in [2.45, 2.75) is 45.3 Å². The Labute approximate surface area is 171 Å². The van der Waals surface area contributed by atoms with Gasteiger partial charge in [-0.3, -0.25) is 9.78 Å². The minimum atomic E-state index is 0.0347. The van der Waals surface area contributed by atoms with Crippen LogP contribution in [0.25, 0.3) is 21.9 Å². The van der Waals surface area contributed by atoms with E-state index in [-0.39, 0.29) is 5.56 Å². The van der Waals surface area contributed by atoms with Gasteiger partial charge in [0.15, 0.2) is 0 Å². The molecule has 3 aromatic rings. The lowest BCUT2D eigenvalue weighted by Gasteiger charge is -2.29. The minimum Gasteiger partial charge on any atom is -0.490 e. The third-order valence-electron chi connectivity index (χ3n) is 5.77. The van der Waals surface area contributed by atoms with Crippen LogP contribution in [0.15, 0.2) is 53.7 Å². The number of pyridine rings is 2. The number of ether oxygens (including phenoxy) is 1. The second kappa shape index (κ2) is 8.78. The molecule has 29 heavy (non-hydrogen) atoms. The highest BCUT2D eigenvalue weighted by Crippen LogP contribution is 2.29. The van der Waals surface area contributed by atoms with E-state index in [1.807, 2.05) is 29.0 Å². The maximum atomic E-state index is 12.8. The lowest BCUT2D eigenvalue weighted by molar-refractivity contribution is 0.114. The fourth-order valence-electron chi connectivity index (χ4n) is 3.97. The predicted molar refractivity (Wildman–Crippen MR) is 117 cm³/mol. The number of aryl methyl sites for hydroxylation is 1. The normalized spacial score (nSPS) is 15.7. The first-order chi connectivity index (χ1) is 14.2.